The first-order chi connectivity index (χ1) is 12.4. The lowest BCUT2D eigenvalue weighted by molar-refractivity contribution is -0.124. The van der Waals surface area contributed by atoms with Crippen molar-refractivity contribution in [1.29, 1.82) is 0 Å². The number of carbonyl (C=O) groups is 1. The summed E-state index contributed by atoms with van der Waals surface area (Å²) in [5.74, 6) is 0.229. The van der Waals surface area contributed by atoms with Crippen molar-refractivity contribution in [2.24, 2.45) is 16.0 Å². The number of anilines is 1. The van der Waals surface area contributed by atoms with E-state index in [0.717, 1.165) is 35.1 Å². The fraction of sp³-hybridized carbons (Fsp3) is 0.471. The average molecular weight is 395 g/mol. The predicted octanol–water partition coefficient (Wildman–Crippen LogP) is 1.87. The van der Waals surface area contributed by atoms with Crippen LogP contribution in [0.4, 0.5) is 5.69 Å². The Labute approximate surface area is 157 Å². The van der Waals surface area contributed by atoms with Gasteiger partial charge in [-0.25, -0.2) is 13.8 Å². The molecule has 2 aliphatic heterocycles. The molecule has 3 rings (SSSR count). The number of nitrogens with zero attached hydrogens (tertiary/aromatic N) is 2. The van der Waals surface area contributed by atoms with Crippen LogP contribution in [0.3, 0.4) is 0 Å². The molecule has 1 atom stereocenters. The van der Waals surface area contributed by atoms with Gasteiger partial charge in [0.1, 0.15) is 0 Å². The van der Waals surface area contributed by atoms with Crippen molar-refractivity contribution in [3.8, 4) is 0 Å². The number of hydrazone groups is 1. The maximum absolute atomic E-state index is 12.0. The van der Waals surface area contributed by atoms with E-state index in [9.17, 15) is 13.2 Å². The summed E-state index contributed by atoms with van der Waals surface area (Å²) in [5, 5.41) is 8.33. The van der Waals surface area contributed by atoms with Gasteiger partial charge in [-0.15, -0.1) is 0 Å². The normalized spacial score (nSPS) is 22.6. The predicted molar refractivity (Wildman–Crippen MR) is 107 cm³/mol. The quantitative estimate of drug-likeness (QED) is 0.600. The third-order valence-electron chi connectivity index (χ3n) is 4.29. The van der Waals surface area contributed by atoms with Crippen LogP contribution in [0.25, 0.3) is 0 Å². The summed E-state index contributed by atoms with van der Waals surface area (Å²) in [4.78, 5) is 16.5. The van der Waals surface area contributed by atoms with Gasteiger partial charge in [-0.1, -0.05) is 23.9 Å². The van der Waals surface area contributed by atoms with Crippen LogP contribution in [0, 0.1) is 5.92 Å². The van der Waals surface area contributed by atoms with Gasteiger partial charge in [-0.3, -0.25) is 9.79 Å². The number of nitrogens with one attached hydrogen (secondary N) is 2. The molecule has 7 nitrogen and oxygen atoms in total. The van der Waals surface area contributed by atoms with Gasteiger partial charge in [0.05, 0.1) is 23.1 Å². The van der Waals surface area contributed by atoms with Crippen molar-refractivity contribution >= 4 is 44.1 Å². The molecule has 0 saturated carbocycles. The highest BCUT2D eigenvalue weighted by Crippen LogP contribution is 2.19. The van der Waals surface area contributed by atoms with E-state index >= 15 is 0 Å². The molecule has 140 valence electrons. The number of hydrogen-bond acceptors (Lipinski definition) is 7. The molecule has 1 amide bonds. The van der Waals surface area contributed by atoms with Crippen LogP contribution >= 0.6 is 11.8 Å². The molecule has 0 bridgehead atoms. The molecule has 0 unspecified atom stereocenters. The van der Waals surface area contributed by atoms with Crippen LogP contribution in [0.5, 0.6) is 0 Å². The first-order valence-corrected chi connectivity index (χ1v) is 11.3. The summed E-state index contributed by atoms with van der Waals surface area (Å²) in [5.41, 5.74) is 4.99. The van der Waals surface area contributed by atoms with Crippen LogP contribution in [0.1, 0.15) is 25.3 Å². The van der Waals surface area contributed by atoms with Gasteiger partial charge in [0.25, 0.3) is 0 Å². The maximum atomic E-state index is 12.0. The summed E-state index contributed by atoms with van der Waals surface area (Å²) in [6, 6.07) is 7.72. The lowest BCUT2D eigenvalue weighted by atomic mass is 10.1. The van der Waals surface area contributed by atoms with Crippen LogP contribution in [-0.2, 0) is 14.6 Å². The zero-order chi connectivity index (χ0) is 18.6. The van der Waals surface area contributed by atoms with E-state index in [1.54, 1.807) is 18.7 Å². The second-order valence-electron chi connectivity index (χ2n) is 6.36. The summed E-state index contributed by atoms with van der Waals surface area (Å²) in [6.07, 6.45) is 1.48. The minimum Gasteiger partial charge on any atom is -0.335 e. The van der Waals surface area contributed by atoms with Crippen molar-refractivity contribution in [3.63, 3.8) is 0 Å². The second-order valence-corrected chi connectivity index (χ2v) is 9.68. The van der Waals surface area contributed by atoms with Crippen LogP contribution in [0.15, 0.2) is 34.4 Å². The van der Waals surface area contributed by atoms with Gasteiger partial charge < -0.3 is 5.32 Å². The summed E-state index contributed by atoms with van der Waals surface area (Å²) >= 11 is 1.72. The van der Waals surface area contributed by atoms with Crippen LogP contribution in [0.2, 0.25) is 0 Å². The summed E-state index contributed by atoms with van der Waals surface area (Å²) in [6.45, 7) is 2.66. The number of sulfone groups is 1. The smallest absolute Gasteiger partial charge is 0.244 e. The van der Waals surface area contributed by atoms with Crippen molar-refractivity contribution in [1.82, 2.24) is 5.43 Å². The van der Waals surface area contributed by atoms with Gasteiger partial charge in [0.2, 0.25) is 5.91 Å². The second kappa shape index (κ2) is 8.22. The van der Waals surface area contributed by atoms with Crippen molar-refractivity contribution in [2.45, 2.75) is 19.8 Å². The number of benzene rings is 1. The lowest BCUT2D eigenvalue weighted by Crippen LogP contribution is -2.28. The number of aliphatic imine (C=N–C) groups is 1. The van der Waals surface area contributed by atoms with E-state index < -0.39 is 15.8 Å². The highest BCUT2D eigenvalue weighted by atomic mass is 32.2. The molecule has 0 aromatic heterocycles. The van der Waals surface area contributed by atoms with Crippen LogP contribution < -0.4 is 10.7 Å². The summed E-state index contributed by atoms with van der Waals surface area (Å²) < 4.78 is 22.9. The molecule has 2 aliphatic rings. The average Bonchev–Trinajstić information content (AvgIpc) is 3.01. The highest BCUT2D eigenvalue weighted by Gasteiger charge is 2.32. The molecule has 1 saturated heterocycles. The van der Waals surface area contributed by atoms with E-state index in [2.05, 4.69) is 20.8 Å². The van der Waals surface area contributed by atoms with Crippen LogP contribution in [-0.4, -0.2) is 49.0 Å². The first-order valence-electron chi connectivity index (χ1n) is 8.52. The molecule has 1 aromatic carbocycles. The Hall–Kier alpha value is -1.87. The van der Waals surface area contributed by atoms with Gasteiger partial charge in [0, 0.05) is 18.0 Å². The van der Waals surface area contributed by atoms with E-state index in [-0.39, 0.29) is 17.4 Å². The van der Waals surface area contributed by atoms with E-state index in [0.29, 0.717) is 12.1 Å². The molecule has 0 aliphatic carbocycles. The molecule has 9 heteroatoms. The molecule has 2 heterocycles. The number of rotatable bonds is 4. The number of amidine groups is 1. The number of hydrogen-bond donors (Lipinski definition) is 2. The Morgan fingerprint density at radius 3 is 2.69 bits per heavy atom. The zero-order valence-electron chi connectivity index (χ0n) is 14.6. The molecule has 1 fully saturated rings. The van der Waals surface area contributed by atoms with Crippen molar-refractivity contribution < 1.29 is 13.2 Å². The minimum atomic E-state index is -3.08. The summed E-state index contributed by atoms with van der Waals surface area (Å²) in [7, 11) is -3.08. The molecule has 2 N–H and O–H groups in total. The molecule has 0 radical (unpaired) electrons. The monoisotopic (exact) mass is 394 g/mol. The fourth-order valence-electron chi connectivity index (χ4n) is 2.75. The Bertz CT molecular complexity index is 832. The SMILES string of the molecule is C/C(=N/NC(=O)[C@@H]1CCS(=O)(=O)C1)c1ccc(NC2=NCCCS2)cc1. The van der Waals surface area contributed by atoms with E-state index in [1.807, 2.05) is 24.3 Å². The van der Waals surface area contributed by atoms with E-state index in [1.165, 1.54) is 0 Å². The molecule has 0 spiro atoms. The highest BCUT2D eigenvalue weighted by molar-refractivity contribution is 8.14. The van der Waals surface area contributed by atoms with Gasteiger partial charge in [-0.2, -0.15) is 5.10 Å². The van der Waals surface area contributed by atoms with Gasteiger partial charge >= 0.3 is 0 Å². The topological polar surface area (TPSA) is 100.0 Å². The molecule has 26 heavy (non-hydrogen) atoms. The number of amides is 1. The standard InChI is InChI=1S/C17H22N4O3S2/c1-12(20-21-16(22)14-7-10-26(23,24)11-14)13-3-5-15(6-4-13)19-17-18-8-2-9-25-17/h3-6,14H,2,7-11H2,1H3,(H,18,19)(H,21,22)/b20-12-/t14-/m1/s1. The first kappa shape index (κ1) is 18.9. The Morgan fingerprint density at radius 1 is 1.31 bits per heavy atom. The van der Waals surface area contributed by atoms with E-state index in [4.69, 9.17) is 0 Å². The number of thioether (sulfide) groups is 1. The van der Waals surface area contributed by atoms with Gasteiger partial charge in [0.15, 0.2) is 15.0 Å². The minimum absolute atomic E-state index is 0.0752. The van der Waals surface area contributed by atoms with Gasteiger partial charge in [-0.05, 0) is 37.5 Å². The van der Waals surface area contributed by atoms with Crippen molar-refractivity contribution in [3.05, 3.63) is 29.8 Å². The largest absolute Gasteiger partial charge is 0.335 e. The zero-order valence-corrected chi connectivity index (χ0v) is 16.2. The molecule has 1 aromatic rings. The Kier molecular flexibility index (Phi) is 5.98. The Morgan fingerprint density at radius 2 is 2.08 bits per heavy atom. The molecular formula is C17H22N4O3S2. The Balaban J connectivity index is 1.57. The molecular weight excluding hydrogens is 372 g/mol. The fourth-order valence-corrected chi connectivity index (χ4v) is 5.33. The van der Waals surface area contributed by atoms with Crippen molar-refractivity contribution in [2.75, 3.05) is 29.1 Å². The number of carbonyl (C=O) groups excluding carboxylic acids is 1. The third-order valence-corrected chi connectivity index (χ3v) is 7.05. The third kappa shape index (κ3) is 5.07. The lowest BCUT2D eigenvalue weighted by Gasteiger charge is -2.13. The maximum Gasteiger partial charge on any atom is 0.244 e.